The van der Waals surface area contributed by atoms with E-state index in [0.717, 1.165) is 37.7 Å². The van der Waals surface area contributed by atoms with Crippen LogP contribution in [0.15, 0.2) is 23.3 Å². The van der Waals surface area contributed by atoms with Crippen molar-refractivity contribution in [1.82, 2.24) is 0 Å². The van der Waals surface area contributed by atoms with E-state index in [0.29, 0.717) is 24.2 Å². The first-order chi connectivity index (χ1) is 14.0. The summed E-state index contributed by atoms with van der Waals surface area (Å²) in [5, 5.41) is 0. The van der Waals surface area contributed by atoms with Gasteiger partial charge in [0.2, 0.25) is 0 Å². The van der Waals surface area contributed by atoms with E-state index < -0.39 is 0 Å². The summed E-state index contributed by atoms with van der Waals surface area (Å²) in [6.07, 6.45) is 8.52. The van der Waals surface area contributed by atoms with Crippen LogP contribution in [-0.2, 0) is 23.8 Å². The maximum Gasteiger partial charge on any atom is 0.333 e. The lowest BCUT2D eigenvalue weighted by Gasteiger charge is -2.61. The molecule has 2 aliphatic carbocycles. The number of hydrogen-bond acceptors (Lipinski definition) is 5. The van der Waals surface area contributed by atoms with Crippen LogP contribution in [0.4, 0.5) is 0 Å². The number of epoxide rings is 1. The molecule has 2 heterocycles. The molecule has 1 saturated heterocycles. The van der Waals surface area contributed by atoms with Crippen LogP contribution in [0.3, 0.4) is 0 Å². The molecule has 5 nitrogen and oxygen atoms in total. The third-order valence-electron chi connectivity index (χ3n) is 9.30. The number of fused-ring (bicyclic) bond motifs is 3. The molecule has 0 N–H and O–H groups in total. The lowest BCUT2D eigenvalue weighted by atomic mass is 9.44. The molecular formula is C25H36O5. The van der Waals surface area contributed by atoms with Crippen molar-refractivity contribution in [3.63, 3.8) is 0 Å². The molecule has 0 aromatic carbocycles. The number of rotatable bonds is 5. The summed E-state index contributed by atoms with van der Waals surface area (Å²) in [4.78, 5) is 24.2. The van der Waals surface area contributed by atoms with Crippen LogP contribution in [0.2, 0.25) is 0 Å². The Balaban J connectivity index is 1.64. The Hall–Kier alpha value is -1.62. The van der Waals surface area contributed by atoms with Gasteiger partial charge in [-0.25, -0.2) is 9.59 Å². The summed E-state index contributed by atoms with van der Waals surface area (Å²) in [6.45, 7) is 13.3. The largest absolute Gasteiger partial charge is 0.459 e. The van der Waals surface area contributed by atoms with E-state index in [1.54, 1.807) is 6.08 Å². The monoisotopic (exact) mass is 416 g/mol. The normalized spacial score (nSPS) is 45.2. The van der Waals surface area contributed by atoms with Crippen molar-refractivity contribution in [3.05, 3.63) is 23.3 Å². The van der Waals surface area contributed by atoms with Crippen LogP contribution in [-0.4, -0.2) is 36.4 Å². The molecule has 4 rings (SSSR count). The number of esters is 2. The van der Waals surface area contributed by atoms with Crippen LogP contribution in [0, 0.1) is 22.7 Å². The molecular weight excluding hydrogens is 380 g/mol. The molecule has 2 aliphatic heterocycles. The molecule has 0 radical (unpaired) electrons. The van der Waals surface area contributed by atoms with Crippen molar-refractivity contribution in [3.8, 4) is 0 Å². The second-order valence-electron chi connectivity index (χ2n) is 10.6. The van der Waals surface area contributed by atoms with E-state index in [4.69, 9.17) is 14.2 Å². The first-order valence-electron chi connectivity index (χ1n) is 11.4. The van der Waals surface area contributed by atoms with E-state index in [9.17, 15) is 9.59 Å². The maximum absolute atomic E-state index is 12.7. The Bertz CT molecular complexity index is 812. The van der Waals surface area contributed by atoms with Crippen molar-refractivity contribution >= 4 is 11.9 Å². The van der Waals surface area contributed by atoms with Crippen LogP contribution < -0.4 is 0 Å². The number of hydrogen-bond donors (Lipinski definition) is 0. The fraction of sp³-hybridized carbons (Fsp3) is 0.760. The minimum Gasteiger partial charge on any atom is -0.459 e. The van der Waals surface area contributed by atoms with Gasteiger partial charge in [-0.2, -0.15) is 0 Å². The van der Waals surface area contributed by atoms with E-state index in [1.807, 2.05) is 19.9 Å². The van der Waals surface area contributed by atoms with Crippen molar-refractivity contribution < 1.29 is 23.8 Å². The molecule has 4 aliphatic rings. The number of carbonyl (C=O) groups excluding carboxylic acids is 2. The van der Waals surface area contributed by atoms with Gasteiger partial charge in [0.05, 0.1) is 11.7 Å². The molecule has 0 spiro atoms. The van der Waals surface area contributed by atoms with Crippen LogP contribution in [0.5, 0.6) is 0 Å². The third kappa shape index (κ3) is 3.16. The summed E-state index contributed by atoms with van der Waals surface area (Å²) in [6, 6.07) is 0. The van der Waals surface area contributed by atoms with Gasteiger partial charge in [-0.3, -0.25) is 0 Å². The Morgan fingerprint density at radius 3 is 2.67 bits per heavy atom. The lowest BCUT2D eigenvalue weighted by molar-refractivity contribution is -0.182. The summed E-state index contributed by atoms with van der Waals surface area (Å²) >= 11 is 0. The van der Waals surface area contributed by atoms with Gasteiger partial charge in [-0.05, 0) is 75.7 Å². The molecule has 7 atom stereocenters. The SMILES string of the molecule is C/C=C(/C)C(=O)O[C@H]1C[C@]2(C)[C@H](CC[C@H]3O[C@]32C)[C@@](C)(CCC2=CC(=O)OC2)[C@@H]1C. The van der Waals surface area contributed by atoms with Gasteiger partial charge in [-0.1, -0.05) is 26.8 Å². The van der Waals surface area contributed by atoms with Gasteiger partial charge in [0, 0.05) is 17.1 Å². The predicted molar refractivity (Wildman–Crippen MR) is 114 cm³/mol. The summed E-state index contributed by atoms with van der Waals surface area (Å²) in [5.74, 6) is 0.261. The van der Waals surface area contributed by atoms with Gasteiger partial charge in [-0.15, -0.1) is 0 Å². The van der Waals surface area contributed by atoms with Gasteiger partial charge < -0.3 is 14.2 Å². The first-order valence-corrected chi connectivity index (χ1v) is 11.4. The van der Waals surface area contributed by atoms with Crippen molar-refractivity contribution in [1.29, 1.82) is 0 Å². The Morgan fingerprint density at radius 2 is 2.03 bits per heavy atom. The minimum absolute atomic E-state index is 0.0197. The van der Waals surface area contributed by atoms with Gasteiger partial charge >= 0.3 is 11.9 Å². The fourth-order valence-corrected chi connectivity index (χ4v) is 6.70. The zero-order valence-corrected chi connectivity index (χ0v) is 19.2. The van der Waals surface area contributed by atoms with Crippen molar-refractivity contribution in [2.45, 2.75) is 91.5 Å². The highest BCUT2D eigenvalue weighted by Gasteiger charge is 2.73. The summed E-state index contributed by atoms with van der Waals surface area (Å²) in [5.41, 5.74) is 1.53. The highest BCUT2D eigenvalue weighted by Crippen LogP contribution is 2.70. The first kappa shape index (κ1) is 21.6. The number of ether oxygens (including phenoxy) is 3. The van der Waals surface area contributed by atoms with Gasteiger partial charge in [0.25, 0.3) is 0 Å². The average molecular weight is 417 g/mol. The number of carbonyl (C=O) groups is 2. The van der Waals surface area contributed by atoms with E-state index in [1.165, 1.54) is 0 Å². The van der Waals surface area contributed by atoms with Crippen molar-refractivity contribution in [2.24, 2.45) is 22.7 Å². The van der Waals surface area contributed by atoms with E-state index >= 15 is 0 Å². The molecule has 0 amide bonds. The Kier molecular flexibility index (Phi) is 5.20. The highest BCUT2D eigenvalue weighted by atomic mass is 16.6. The minimum atomic E-state index is -0.232. The topological polar surface area (TPSA) is 65.1 Å². The van der Waals surface area contributed by atoms with Crippen LogP contribution >= 0.6 is 0 Å². The highest BCUT2D eigenvalue weighted by molar-refractivity contribution is 5.87. The van der Waals surface area contributed by atoms with Crippen LogP contribution in [0.25, 0.3) is 0 Å². The van der Waals surface area contributed by atoms with Crippen molar-refractivity contribution in [2.75, 3.05) is 6.61 Å². The Morgan fingerprint density at radius 1 is 1.30 bits per heavy atom. The second kappa shape index (κ2) is 7.22. The fourth-order valence-electron chi connectivity index (χ4n) is 6.70. The zero-order valence-electron chi connectivity index (χ0n) is 19.2. The molecule has 2 saturated carbocycles. The molecule has 166 valence electrons. The zero-order chi connectivity index (χ0) is 21.9. The number of allylic oxidation sites excluding steroid dienone is 1. The summed E-state index contributed by atoms with van der Waals surface area (Å²) in [7, 11) is 0. The quantitative estimate of drug-likeness (QED) is 0.368. The third-order valence-corrected chi connectivity index (χ3v) is 9.30. The maximum atomic E-state index is 12.7. The van der Waals surface area contributed by atoms with Gasteiger partial charge in [0.1, 0.15) is 12.7 Å². The molecule has 0 bridgehead atoms. The Labute approximate surface area is 180 Å². The lowest BCUT2D eigenvalue weighted by Crippen LogP contribution is -2.61. The van der Waals surface area contributed by atoms with Gasteiger partial charge in [0.15, 0.2) is 0 Å². The smallest absolute Gasteiger partial charge is 0.333 e. The van der Waals surface area contributed by atoms with Crippen LogP contribution in [0.1, 0.15) is 73.6 Å². The standard InChI is InChI=1S/C25H36O5/c1-7-15(2)22(27)29-18-13-24(5)19(8-9-20-25(24,6)30-20)23(4,16(18)3)11-10-17-12-21(26)28-14-17/h7,12,16,18-20H,8-11,13-14H2,1-6H3/b15-7-/t16-,18+,19-,20-,23+,24-,25-/m1/s1. The molecule has 3 fully saturated rings. The predicted octanol–water partition coefficient (Wildman–Crippen LogP) is 4.75. The molecule has 5 heteroatoms. The van der Waals surface area contributed by atoms with E-state index in [2.05, 4.69) is 27.7 Å². The second-order valence-corrected chi connectivity index (χ2v) is 10.6. The molecule has 0 unspecified atom stereocenters. The molecule has 30 heavy (non-hydrogen) atoms. The molecule has 0 aromatic heterocycles. The summed E-state index contributed by atoms with van der Waals surface area (Å²) < 4.78 is 17.5. The molecule has 0 aromatic rings. The van der Waals surface area contributed by atoms with E-state index in [-0.39, 0.29) is 40.4 Å². The average Bonchev–Trinajstić information content (AvgIpc) is 3.23. The number of cyclic esters (lactones) is 1.